The van der Waals surface area contributed by atoms with Gasteiger partial charge in [0.2, 0.25) is 0 Å². The van der Waals surface area contributed by atoms with Gasteiger partial charge in [-0.1, -0.05) is 30.3 Å². The molecule has 0 aromatic heterocycles. The summed E-state index contributed by atoms with van der Waals surface area (Å²) in [4.78, 5) is 12.4. The Hall–Kier alpha value is -3.21. The summed E-state index contributed by atoms with van der Waals surface area (Å²) < 4.78 is 17.1. The molecule has 0 spiro atoms. The number of ether oxygens (including phenoxy) is 3. The molecule has 150 valence electrons. The van der Waals surface area contributed by atoms with Crippen LogP contribution >= 0.6 is 0 Å². The van der Waals surface area contributed by atoms with Crippen LogP contribution in [0.3, 0.4) is 0 Å². The van der Waals surface area contributed by atoms with Crippen molar-refractivity contribution in [1.82, 2.24) is 5.32 Å². The summed E-state index contributed by atoms with van der Waals surface area (Å²) in [6.45, 7) is 1.78. The lowest BCUT2D eigenvalue weighted by Gasteiger charge is -2.19. The van der Waals surface area contributed by atoms with Crippen LogP contribution in [-0.2, 0) is 4.79 Å². The van der Waals surface area contributed by atoms with Gasteiger partial charge in [-0.15, -0.1) is 0 Å². The Bertz CT molecular complexity index is 1020. The standard InChI is InChI=1S/C24H25NO4/c1-15(24(26)25-18-9-10-18)29-22-11-8-16-6-4-5-7-21(16)23(22)17-12-19(27-2)14-20(13-17)28-3/h4-8,11-15,18H,9-10H2,1-3H3,(H,25,26). The first-order chi connectivity index (χ1) is 14.1. The van der Waals surface area contributed by atoms with Gasteiger partial charge < -0.3 is 19.5 Å². The van der Waals surface area contributed by atoms with Crippen molar-refractivity contribution in [2.75, 3.05) is 14.2 Å². The third-order valence-electron chi connectivity index (χ3n) is 5.13. The predicted octanol–water partition coefficient (Wildman–Crippen LogP) is 4.57. The molecule has 1 N–H and O–H groups in total. The van der Waals surface area contributed by atoms with Gasteiger partial charge in [0.25, 0.3) is 5.91 Å². The second kappa shape index (κ2) is 8.03. The highest BCUT2D eigenvalue weighted by Gasteiger charge is 2.27. The van der Waals surface area contributed by atoms with Crippen molar-refractivity contribution < 1.29 is 19.0 Å². The van der Waals surface area contributed by atoms with E-state index in [0.717, 1.165) is 34.7 Å². The van der Waals surface area contributed by atoms with E-state index in [9.17, 15) is 4.79 Å². The minimum atomic E-state index is -0.594. The number of benzene rings is 3. The first-order valence-electron chi connectivity index (χ1n) is 9.81. The Balaban J connectivity index is 1.80. The molecule has 1 aliphatic carbocycles. The average Bonchev–Trinajstić information content (AvgIpc) is 3.57. The zero-order chi connectivity index (χ0) is 20.4. The van der Waals surface area contributed by atoms with E-state index in [2.05, 4.69) is 17.4 Å². The van der Waals surface area contributed by atoms with Crippen LogP contribution in [0, 0.1) is 0 Å². The van der Waals surface area contributed by atoms with Crippen LogP contribution in [0.5, 0.6) is 17.2 Å². The molecule has 1 fully saturated rings. The van der Waals surface area contributed by atoms with E-state index in [1.54, 1.807) is 21.1 Å². The highest BCUT2D eigenvalue weighted by molar-refractivity contribution is 6.00. The van der Waals surface area contributed by atoms with Gasteiger partial charge in [0, 0.05) is 17.7 Å². The molecule has 3 aromatic carbocycles. The molecule has 4 rings (SSSR count). The van der Waals surface area contributed by atoms with E-state index in [-0.39, 0.29) is 5.91 Å². The topological polar surface area (TPSA) is 56.8 Å². The molecule has 3 aromatic rings. The number of nitrogens with one attached hydrogen (secondary N) is 1. The Labute approximate surface area is 170 Å². The van der Waals surface area contributed by atoms with Gasteiger partial charge >= 0.3 is 0 Å². The summed E-state index contributed by atoms with van der Waals surface area (Å²) in [7, 11) is 3.26. The molecule has 1 saturated carbocycles. The van der Waals surface area contributed by atoms with Gasteiger partial charge in [0.05, 0.1) is 14.2 Å². The predicted molar refractivity (Wildman–Crippen MR) is 114 cm³/mol. The van der Waals surface area contributed by atoms with E-state index in [1.807, 2.05) is 42.5 Å². The third-order valence-corrected chi connectivity index (χ3v) is 5.13. The Morgan fingerprint density at radius 3 is 2.34 bits per heavy atom. The van der Waals surface area contributed by atoms with Gasteiger partial charge in [0.15, 0.2) is 6.10 Å². The van der Waals surface area contributed by atoms with E-state index in [4.69, 9.17) is 14.2 Å². The summed E-state index contributed by atoms with van der Waals surface area (Å²) >= 11 is 0. The molecule has 5 nitrogen and oxygen atoms in total. The molecule has 0 bridgehead atoms. The second-order valence-corrected chi connectivity index (χ2v) is 7.30. The van der Waals surface area contributed by atoms with Crippen molar-refractivity contribution in [2.24, 2.45) is 0 Å². The van der Waals surface area contributed by atoms with Crippen LogP contribution < -0.4 is 19.5 Å². The quantitative estimate of drug-likeness (QED) is 0.641. The zero-order valence-corrected chi connectivity index (χ0v) is 16.9. The fourth-order valence-corrected chi connectivity index (χ4v) is 3.39. The number of amides is 1. The maximum Gasteiger partial charge on any atom is 0.260 e. The van der Waals surface area contributed by atoms with Crippen molar-refractivity contribution in [3.63, 3.8) is 0 Å². The summed E-state index contributed by atoms with van der Waals surface area (Å²) in [6.07, 6.45) is 1.50. The molecular weight excluding hydrogens is 366 g/mol. The Kier molecular flexibility index (Phi) is 5.30. The Morgan fingerprint density at radius 2 is 1.69 bits per heavy atom. The van der Waals surface area contributed by atoms with Crippen molar-refractivity contribution in [3.05, 3.63) is 54.6 Å². The maximum absolute atomic E-state index is 12.4. The van der Waals surface area contributed by atoms with Gasteiger partial charge in [-0.25, -0.2) is 0 Å². The van der Waals surface area contributed by atoms with E-state index >= 15 is 0 Å². The molecule has 0 heterocycles. The average molecular weight is 391 g/mol. The Morgan fingerprint density at radius 1 is 1.00 bits per heavy atom. The third kappa shape index (κ3) is 4.14. The highest BCUT2D eigenvalue weighted by Crippen LogP contribution is 2.40. The lowest BCUT2D eigenvalue weighted by molar-refractivity contribution is -0.127. The number of fused-ring (bicyclic) bond motifs is 1. The first kappa shape index (κ1) is 19.1. The molecule has 1 unspecified atom stereocenters. The maximum atomic E-state index is 12.4. The van der Waals surface area contributed by atoms with Crippen LogP contribution in [0.1, 0.15) is 19.8 Å². The zero-order valence-electron chi connectivity index (χ0n) is 16.9. The lowest BCUT2D eigenvalue weighted by Crippen LogP contribution is -2.37. The van der Waals surface area contributed by atoms with Crippen LogP contribution in [0.15, 0.2) is 54.6 Å². The normalized spacial score (nSPS) is 14.3. The van der Waals surface area contributed by atoms with Crippen LogP contribution in [0.2, 0.25) is 0 Å². The first-order valence-corrected chi connectivity index (χ1v) is 9.81. The highest BCUT2D eigenvalue weighted by atomic mass is 16.5. The number of hydrogen-bond acceptors (Lipinski definition) is 4. The molecule has 1 amide bonds. The summed E-state index contributed by atoms with van der Waals surface area (Å²) in [5.41, 5.74) is 1.81. The van der Waals surface area contributed by atoms with Gasteiger partial charge in [-0.05, 0) is 54.3 Å². The van der Waals surface area contributed by atoms with Crippen molar-refractivity contribution in [1.29, 1.82) is 0 Å². The fourth-order valence-electron chi connectivity index (χ4n) is 3.39. The number of carbonyl (C=O) groups excluding carboxylic acids is 1. The van der Waals surface area contributed by atoms with Crippen molar-refractivity contribution in [2.45, 2.75) is 31.9 Å². The lowest BCUT2D eigenvalue weighted by atomic mass is 9.96. The van der Waals surface area contributed by atoms with Gasteiger partial charge in [-0.3, -0.25) is 4.79 Å². The number of rotatable bonds is 7. The minimum Gasteiger partial charge on any atom is -0.497 e. The van der Waals surface area contributed by atoms with Crippen molar-refractivity contribution in [3.8, 4) is 28.4 Å². The number of methoxy groups -OCH3 is 2. The molecular formula is C24H25NO4. The van der Waals surface area contributed by atoms with Crippen LogP contribution in [-0.4, -0.2) is 32.3 Å². The monoisotopic (exact) mass is 391 g/mol. The van der Waals surface area contributed by atoms with Crippen LogP contribution in [0.4, 0.5) is 0 Å². The second-order valence-electron chi connectivity index (χ2n) is 7.30. The van der Waals surface area contributed by atoms with Gasteiger partial charge in [-0.2, -0.15) is 0 Å². The fraction of sp³-hybridized carbons (Fsp3) is 0.292. The molecule has 0 aliphatic heterocycles. The van der Waals surface area contributed by atoms with Crippen molar-refractivity contribution >= 4 is 16.7 Å². The van der Waals surface area contributed by atoms with E-state index in [0.29, 0.717) is 23.3 Å². The SMILES string of the molecule is COc1cc(OC)cc(-c2c(OC(C)C(=O)NC3CC3)ccc3ccccc23)c1. The molecule has 0 saturated heterocycles. The van der Waals surface area contributed by atoms with E-state index in [1.165, 1.54) is 0 Å². The van der Waals surface area contributed by atoms with Crippen LogP contribution in [0.25, 0.3) is 21.9 Å². The summed E-state index contributed by atoms with van der Waals surface area (Å²) in [5, 5.41) is 5.13. The van der Waals surface area contributed by atoms with E-state index < -0.39 is 6.10 Å². The summed E-state index contributed by atoms with van der Waals surface area (Å²) in [5.74, 6) is 1.95. The molecule has 1 atom stereocenters. The largest absolute Gasteiger partial charge is 0.497 e. The minimum absolute atomic E-state index is 0.0881. The van der Waals surface area contributed by atoms with Gasteiger partial charge in [0.1, 0.15) is 17.2 Å². The molecule has 0 radical (unpaired) electrons. The number of hydrogen-bond donors (Lipinski definition) is 1. The molecule has 5 heteroatoms. The number of carbonyl (C=O) groups is 1. The smallest absolute Gasteiger partial charge is 0.260 e. The molecule has 1 aliphatic rings. The molecule has 29 heavy (non-hydrogen) atoms. The summed E-state index contributed by atoms with van der Waals surface area (Å²) in [6, 6.07) is 18.1.